The number of nitrogen functional groups attached to an aromatic ring is 2. The lowest BCUT2D eigenvalue weighted by atomic mass is 9.94. The number of benzene rings is 6. The molecule has 14 aromatic rings. The average Bonchev–Trinajstić information content (AvgIpc) is 1.46. The topological polar surface area (TPSA) is 388 Å². The molecule has 540 valence electrons. The number of pyridine rings is 2. The minimum Gasteiger partial charge on any atom is -0.506 e. The summed E-state index contributed by atoms with van der Waals surface area (Å²) < 4.78 is 78.4. The van der Waals surface area contributed by atoms with Crippen LogP contribution in [0.15, 0.2) is 211 Å². The minimum atomic E-state index is -4.47. The maximum atomic E-state index is 13.4. The molecule has 10 heterocycles. The first-order chi connectivity index (χ1) is 50.9. The first-order valence-corrected chi connectivity index (χ1v) is 36.7. The third-order valence-electron chi connectivity index (χ3n) is 19.1. The number of nitrogens with two attached hydrogens (primary N) is 2. The molecular formula is C76H72N16O12S2. The Hall–Kier alpha value is -11.7. The van der Waals surface area contributed by atoms with Crippen molar-refractivity contribution < 1.29 is 45.0 Å². The standard InChI is InChI=1S/2C33H32N8O3.C10H8O6S2/c2*1-20(41-32-28(31(34)36-19-37-32)29(38-41)23-15-24(42)17-35-16-23)30-27(25-8-3-4-9-26(25)33(43)44-30)22-7-5-6-21(14-22)18-40-12-10-39(2)11-13-40;11-17(12,13)9-5-1-3-7-8(9)4-2-6-10(7)18(14,15)16/h2*3-9,14-17,19-20,42H,10-13,18H2,1-2H3,(H2,34,36,37);1-6H,(H,11,12,13)(H,14,15,16)/t2*20-;/m00./s1. The van der Waals surface area contributed by atoms with Crippen LogP contribution < -0.4 is 22.7 Å². The van der Waals surface area contributed by atoms with Gasteiger partial charge in [-0.15, -0.1) is 0 Å². The smallest absolute Gasteiger partial charge is 0.343 e. The SMILES string of the molecule is C[C@@H](c1oc(=O)c2ccccc2c1-c1cccc(CN2CCN(C)CC2)c1)n1nc(-c2cncc(O)c2)c2c(N)ncnc21.C[C@@H](c1oc(=O)c2ccccc2c1-c1cccc(CN2CCN(C)CC2)c1)n1nc(-c2cncc(O)c2)c2c(N)ncnc21.O=S(=O)(O)c1cccc2c(S(=O)(=O)O)cccc12. The van der Waals surface area contributed by atoms with E-state index >= 15 is 0 Å². The molecule has 2 atom stereocenters. The van der Waals surface area contributed by atoms with Crippen LogP contribution in [-0.2, 0) is 33.3 Å². The fraction of sp³-hybridized carbons (Fsp3) is 0.211. The van der Waals surface area contributed by atoms with Crippen LogP contribution in [0.5, 0.6) is 11.5 Å². The number of anilines is 2. The van der Waals surface area contributed by atoms with E-state index < -0.39 is 53.4 Å². The van der Waals surface area contributed by atoms with E-state index in [0.29, 0.717) is 66.9 Å². The van der Waals surface area contributed by atoms with Crippen molar-refractivity contribution in [1.82, 2.24) is 69.1 Å². The summed E-state index contributed by atoms with van der Waals surface area (Å²) in [7, 11) is -4.63. The van der Waals surface area contributed by atoms with Crippen molar-refractivity contribution in [1.29, 1.82) is 0 Å². The molecule has 2 aliphatic heterocycles. The second kappa shape index (κ2) is 29.4. The molecule has 0 saturated carbocycles. The van der Waals surface area contributed by atoms with Crippen LogP contribution in [0.1, 0.15) is 48.6 Å². The number of nitrogens with zero attached hydrogens (tertiary/aromatic N) is 14. The summed E-state index contributed by atoms with van der Waals surface area (Å²) in [4.78, 5) is 61.2. The summed E-state index contributed by atoms with van der Waals surface area (Å²) >= 11 is 0. The van der Waals surface area contributed by atoms with Crippen LogP contribution in [0.2, 0.25) is 0 Å². The van der Waals surface area contributed by atoms with Gasteiger partial charge in [-0.25, -0.2) is 38.9 Å². The lowest BCUT2D eigenvalue weighted by Gasteiger charge is -2.32. The van der Waals surface area contributed by atoms with Crippen LogP contribution >= 0.6 is 0 Å². The van der Waals surface area contributed by atoms with E-state index in [0.717, 1.165) is 111 Å². The van der Waals surface area contributed by atoms with E-state index in [2.05, 4.69) is 112 Å². The highest BCUT2D eigenvalue weighted by molar-refractivity contribution is 7.86. The Morgan fingerprint density at radius 1 is 0.453 bits per heavy atom. The Balaban J connectivity index is 0.000000145. The van der Waals surface area contributed by atoms with Gasteiger partial charge in [0.1, 0.15) is 80.6 Å². The Labute approximate surface area is 606 Å². The molecule has 16 rings (SSSR count). The maximum Gasteiger partial charge on any atom is 0.343 e. The highest BCUT2D eigenvalue weighted by atomic mass is 32.2. The third kappa shape index (κ3) is 14.5. The molecule has 0 radical (unpaired) electrons. The van der Waals surface area contributed by atoms with Crippen molar-refractivity contribution in [3.8, 4) is 56.3 Å². The molecule has 8 N–H and O–H groups in total. The Bertz CT molecular complexity index is 5710. The van der Waals surface area contributed by atoms with Crippen molar-refractivity contribution in [2.45, 2.75) is 48.8 Å². The molecule has 2 aliphatic rings. The summed E-state index contributed by atoms with van der Waals surface area (Å²) in [6.07, 6.45) is 8.64. The summed E-state index contributed by atoms with van der Waals surface area (Å²) in [6.45, 7) is 13.7. The van der Waals surface area contributed by atoms with Crippen LogP contribution in [0.25, 0.3) is 99.2 Å². The maximum absolute atomic E-state index is 13.4. The molecule has 28 nitrogen and oxygen atoms in total. The van der Waals surface area contributed by atoms with E-state index in [1.54, 1.807) is 46.0 Å². The zero-order valence-corrected chi connectivity index (χ0v) is 59.5. The third-order valence-corrected chi connectivity index (χ3v) is 20.9. The number of hydrogen-bond acceptors (Lipinski definition) is 24. The van der Waals surface area contributed by atoms with Gasteiger partial charge in [-0.05, 0) is 98.7 Å². The first-order valence-electron chi connectivity index (χ1n) is 33.8. The summed E-state index contributed by atoms with van der Waals surface area (Å²) in [5.74, 6) is 1.37. The second-order valence-electron chi connectivity index (χ2n) is 26.2. The number of likely N-dealkylation sites (N-methyl/N-ethyl adjacent to an activating group) is 2. The number of rotatable bonds is 14. The van der Waals surface area contributed by atoms with Crippen LogP contribution in [-0.4, -0.2) is 172 Å². The number of piperazine rings is 2. The predicted octanol–water partition coefficient (Wildman–Crippen LogP) is 9.95. The largest absolute Gasteiger partial charge is 0.506 e. The fourth-order valence-electron chi connectivity index (χ4n) is 13.8. The molecule has 8 aromatic heterocycles. The van der Waals surface area contributed by atoms with E-state index in [4.69, 9.17) is 39.6 Å². The van der Waals surface area contributed by atoms with Gasteiger partial charge in [-0.3, -0.25) is 28.9 Å². The highest BCUT2D eigenvalue weighted by Crippen LogP contribution is 2.42. The first kappa shape index (κ1) is 71.3. The monoisotopic (exact) mass is 1460 g/mol. The minimum absolute atomic E-state index is 0.00654. The van der Waals surface area contributed by atoms with E-state index in [1.807, 2.05) is 50.2 Å². The van der Waals surface area contributed by atoms with Gasteiger partial charge >= 0.3 is 11.3 Å². The molecule has 0 aliphatic carbocycles. The van der Waals surface area contributed by atoms with E-state index in [9.17, 15) is 36.6 Å². The zero-order valence-electron chi connectivity index (χ0n) is 57.8. The highest BCUT2D eigenvalue weighted by Gasteiger charge is 2.31. The van der Waals surface area contributed by atoms with Gasteiger partial charge in [-0.1, -0.05) is 97.1 Å². The van der Waals surface area contributed by atoms with Crippen molar-refractivity contribution in [3.05, 3.63) is 227 Å². The van der Waals surface area contributed by atoms with E-state index in [1.165, 1.54) is 60.4 Å². The van der Waals surface area contributed by atoms with Gasteiger partial charge < -0.3 is 40.3 Å². The normalized spacial score (nSPS) is 14.8. The van der Waals surface area contributed by atoms with Crippen LogP contribution in [0, 0.1) is 0 Å². The van der Waals surface area contributed by atoms with Crippen molar-refractivity contribution in [2.75, 3.05) is 77.9 Å². The molecular weight excluding hydrogens is 1390 g/mol. The molecule has 6 aromatic carbocycles. The van der Waals surface area contributed by atoms with Gasteiger partial charge in [0.2, 0.25) is 0 Å². The summed E-state index contributed by atoms with van der Waals surface area (Å²) in [5, 5.41) is 33.7. The van der Waals surface area contributed by atoms with Crippen LogP contribution in [0.4, 0.5) is 11.6 Å². The molecule has 2 saturated heterocycles. The van der Waals surface area contributed by atoms with Crippen molar-refractivity contribution in [3.63, 3.8) is 0 Å². The number of aromatic hydroxyl groups is 2. The zero-order chi connectivity index (χ0) is 74.3. The number of hydrogen-bond donors (Lipinski definition) is 6. The Morgan fingerprint density at radius 2 is 0.821 bits per heavy atom. The van der Waals surface area contributed by atoms with Gasteiger partial charge in [0.25, 0.3) is 20.2 Å². The molecule has 0 unspecified atom stereocenters. The second-order valence-corrected chi connectivity index (χ2v) is 29.0. The van der Waals surface area contributed by atoms with Gasteiger partial charge in [0.15, 0.2) is 11.3 Å². The molecule has 2 fully saturated rings. The average molecular weight is 1470 g/mol. The van der Waals surface area contributed by atoms with E-state index in [-0.39, 0.29) is 33.9 Å². The summed E-state index contributed by atoms with van der Waals surface area (Å²) in [5.41, 5.74) is 20.7. The van der Waals surface area contributed by atoms with Gasteiger partial charge in [-0.2, -0.15) is 27.0 Å². The number of fused-ring (bicyclic) bond motifs is 5. The lowest BCUT2D eigenvalue weighted by Crippen LogP contribution is -2.43. The van der Waals surface area contributed by atoms with Crippen LogP contribution in [0.3, 0.4) is 0 Å². The molecule has 106 heavy (non-hydrogen) atoms. The lowest BCUT2D eigenvalue weighted by molar-refractivity contribution is 0.148. The molecule has 0 spiro atoms. The quantitative estimate of drug-likeness (QED) is 0.0551. The molecule has 0 amide bonds. The Kier molecular flexibility index (Phi) is 19.8. The van der Waals surface area contributed by atoms with Gasteiger partial charge in [0, 0.05) is 122 Å². The van der Waals surface area contributed by atoms with Crippen molar-refractivity contribution in [2.24, 2.45) is 0 Å². The fourth-order valence-corrected chi connectivity index (χ4v) is 15.2. The predicted molar refractivity (Wildman–Crippen MR) is 402 cm³/mol. The molecule has 30 heteroatoms. The van der Waals surface area contributed by atoms with Gasteiger partial charge in [0.05, 0.1) is 33.9 Å². The molecule has 0 bridgehead atoms. The summed E-state index contributed by atoms with van der Waals surface area (Å²) in [6, 6.07) is 41.4. The Morgan fingerprint density at radius 3 is 1.20 bits per heavy atom. The van der Waals surface area contributed by atoms with Crippen molar-refractivity contribution >= 4 is 86.3 Å². The number of aromatic nitrogens is 10.